The summed E-state index contributed by atoms with van der Waals surface area (Å²) in [4.78, 5) is 25.6. The van der Waals surface area contributed by atoms with E-state index in [9.17, 15) is 9.59 Å². The smallest absolute Gasteiger partial charge is 0.303 e. The van der Waals surface area contributed by atoms with Gasteiger partial charge in [0.25, 0.3) is 0 Å². The van der Waals surface area contributed by atoms with Crippen LogP contribution in [0.1, 0.15) is 44.9 Å². The number of hydrogen-bond donors (Lipinski definition) is 1. The third kappa shape index (κ3) is 2.27. The largest absolute Gasteiger partial charge is 0.481 e. The zero-order valence-electron chi connectivity index (χ0n) is 12.5. The molecule has 4 nitrogen and oxygen atoms in total. The fourth-order valence-corrected chi connectivity index (χ4v) is 5.69. The number of hydrogen-bond acceptors (Lipinski definition) is 2. The standard InChI is InChI=1S/C17H25NO3/c19-13(20)6-3-10-2-1-7-18(9-10)17(21)16-14-11-4-5-12(8-11)15(14)16/h10-12,14-16H,1-9H2,(H,19,20)/t10-,11-,12-,14+,15+/m0/s1. The molecule has 2 bridgehead atoms. The van der Waals surface area contributed by atoms with Gasteiger partial charge in [0, 0.05) is 25.4 Å². The molecule has 21 heavy (non-hydrogen) atoms. The van der Waals surface area contributed by atoms with Gasteiger partial charge in [-0.25, -0.2) is 0 Å². The van der Waals surface area contributed by atoms with Crippen LogP contribution >= 0.6 is 0 Å². The van der Waals surface area contributed by atoms with Crippen LogP contribution in [0.3, 0.4) is 0 Å². The number of likely N-dealkylation sites (tertiary alicyclic amines) is 1. The Hall–Kier alpha value is -1.06. The van der Waals surface area contributed by atoms with Crippen molar-refractivity contribution < 1.29 is 14.7 Å². The van der Waals surface area contributed by atoms with Crippen molar-refractivity contribution in [1.82, 2.24) is 4.90 Å². The van der Waals surface area contributed by atoms with Crippen LogP contribution in [0.15, 0.2) is 0 Å². The van der Waals surface area contributed by atoms with Crippen LogP contribution in [0, 0.1) is 35.5 Å². The average Bonchev–Trinajstić information content (AvgIpc) is 2.91. The molecule has 1 aliphatic heterocycles. The summed E-state index contributed by atoms with van der Waals surface area (Å²) >= 11 is 0. The van der Waals surface area contributed by atoms with E-state index in [1.807, 2.05) is 0 Å². The maximum Gasteiger partial charge on any atom is 0.303 e. The van der Waals surface area contributed by atoms with Gasteiger partial charge in [0.15, 0.2) is 0 Å². The third-order valence-corrected chi connectivity index (χ3v) is 6.62. The van der Waals surface area contributed by atoms with Gasteiger partial charge in [-0.2, -0.15) is 0 Å². The molecular formula is C17H25NO3. The normalized spacial score (nSPS) is 43.7. The van der Waals surface area contributed by atoms with Crippen molar-refractivity contribution in [1.29, 1.82) is 0 Å². The molecular weight excluding hydrogens is 266 g/mol. The van der Waals surface area contributed by atoms with E-state index < -0.39 is 5.97 Å². The summed E-state index contributed by atoms with van der Waals surface area (Å²) in [6.07, 6.45) is 7.20. The molecule has 1 heterocycles. The molecule has 0 aromatic rings. The number of rotatable bonds is 4. The lowest BCUT2D eigenvalue weighted by atomic mass is 9.92. The maximum absolute atomic E-state index is 12.8. The molecule has 4 heteroatoms. The van der Waals surface area contributed by atoms with Crippen LogP contribution in [0.4, 0.5) is 0 Å². The van der Waals surface area contributed by atoms with Gasteiger partial charge in [0.1, 0.15) is 0 Å². The van der Waals surface area contributed by atoms with Crippen molar-refractivity contribution in [3.63, 3.8) is 0 Å². The molecule has 0 aromatic carbocycles. The predicted molar refractivity (Wildman–Crippen MR) is 77.5 cm³/mol. The second kappa shape index (κ2) is 4.99. The number of carbonyl (C=O) groups is 2. The van der Waals surface area contributed by atoms with Gasteiger partial charge in [-0.05, 0) is 68.1 Å². The summed E-state index contributed by atoms with van der Waals surface area (Å²) in [6.45, 7) is 1.70. The van der Waals surface area contributed by atoms with Crippen LogP contribution in [-0.2, 0) is 9.59 Å². The second-order valence-corrected chi connectivity index (χ2v) is 7.74. The molecule has 1 N–H and O–H groups in total. The molecule has 1 saturated heterocycles. The number of fused-ring (bicyclic) bond motifs is 5. The molecule has 3 saturated carbocycles. The number of aliphatic carboxylic acids is 1. The lowest BCUT2D eigenvalue weighted by Crippen LogP contribution is -2.41. The second-order valence-electron chi connectivity index (χ2n) is 7.74. The van der Waals surface area contributed by atoms with Crippen LogP contribution in [0.25, 0.3) is 0 Å². The molecule has 4 aliphatic rings. The summed E-state index contributed by atoms with van der Waals surface area (Å²) in [7, 11) is 0. The quantitative estimate of drug-likeness (QED) is 0.865. The summed E-state index contributed by atoms with van der Waals surface area (Å²) < 4.78 is 0. The minimum absolute atomic E-state index is 0.242. The van der Waals surface area contributed by atoms with E-state index in [4.69, 9.17) is 5.11 Å². The number of carboxylic acid groups (broad SMARTS) is 1. The van der Waals surface area contributed by atoms with Crippen molar-refractivity contribution in [2.45, 2.75) is 44.9 Å². The predicted octanol–water partition coefficient (Wildman–Crippen LogP) is 2.38. The molecule has 4 rings (SSSR count). The monoisotopic (exact) mass is 291 g/mol. The highest BCUT2D eigenvalue weighted by atomic mass is 16.4. The lowest BCUT2D eigenvalue weighted by molar-refractivity contribution is -0.137. The minimum atomic E-state index is -0.716. The first-order valence-electron chi connectivity index (χ1n) is 8.65. The molecule has 0 radical (unpaired) electrons. The van der Waals surface area contributed by atoms with E-state index in [1.54, 1.807) is 0 Å². The molecule has 5 atom stereocenters. The minimum Gasteiger partial charge on any atom is -0.481 e. The SMILES string of the molecule is O=C(O)CC[C@@H]1CCCN(C(=O)C2[C@@H]3[C@H]4CC[C@@H](C4)[C@@H]23)C1. The van der Waals surface area contributed by atoms with E-state index >= 15 is 0 Å². The van der Waals surface area contributed by atoms with Crippen molar-refractivity contribution in [2.24, 2.45) is 35.5 Å². The molecule has 0 aromatic heterocycles. The van der Waals surface area contributed by atoms with E-state index in [1.165, 1.54) is 19.3 Å². The number of amides is 1. The number of carbonyl (C=O) groups excluding carboxylic acids is 1. The summed E-state index contributed by atoms with van der Waals surface area (Å²) in [5, 5.41) is 8.81. The van der Waals surface area contributed by atoms with Crippen molar-refractivity contribution >= 4 is 11.9 Å². The van der Waals surface area contributed by atoms with E-state index in [0.29, 0.717) is 17.7 Å². The van der Waals surface area contributed by atoms with Crippen LogP contribution in [0.2, 0.25) is 0 Å². The van der Waals surface area contributed by atoms with Gasteiger partial charge in [-0.15, -0.1) is 0 Å². The van der Waals surface area contributed by atoms with Crippen molar-refractivity contribution in [2.75, 3.05) is 13.1 Å². The highest BCUT2D eigenvalue weighted by Gasteiger charge is 2.68. The summed E-state index contributed by atoms with van der Waals surface area (Å²) in [5.41, 5.74) is 0. The van der Waals surface area contributed by atoms with E-state index in [-0.39, 0.29) is 6.42 Å². The molecule has 4 fully saturated rings. The van der Waals surface area contributed by atoms with Gasteiger partial charge in [-0.1, -0.05) is 0 Å². The Morgan fingerprint density at radius 2 is 1.81 bits per heavy atom. The van der Waals surface area contributed by atoms with E-state index in [2.05, 4.69) is 4.90 Å². The maximum atomic E-state index is 12.8. The topological polar surface area (TPSA) is 57.6 Å². The lowest BCUT2D eigenvalue weighted by Gasteiger charge is -2.33. The van der Waals surface area contributed by atoms with Gasteiger partial charge in [0.05, 0.1) is 0 Å². The number of nitrogens with zero attached hydrogens (tertiary/aromatic N) is 1. The first-order valence-corrected chi connectivity index (χ1v) is 8.65. The molecule has 116 valence electrons. The average molecular weight is 291 g/mol. The summed E-state index contributed by atoms with van der Waals surface area (Å²) in [6, 6.07) is 0. The molecule has 0 unspecified atom stereocenters. The van der Waals surface area contributed by atoms with Gasteiger partial charge >= 0.3 is 5.97 Å². The molecule has 3 aliphatic carbocycles. The Bertz CT molecular complexity index is 447. The Balaban J connectivity index is 1.34. The van der Waals surface area contributed by atoms with Crippen LogP contribution in [0.5, 0.6) is 0 Å². The highest BCUT2D eigenvalue weighted by Crippen LogP contribution is 2.69. The molecule has 0 spiro atoms. The Morgan fingerprint density at radius 3 is 2.48 bits per heavy atom. The number of carboxylic acids is 1. The highest BCUT2D eigenvalue weighted by molar-refractivity contribution is 5.83. The Kier molecular flexibility index (Phi) is 3.23. The van der Waals surface area contributed by atoms with Gasteiger partial charge in [-0.3, -0.25) is 9.59 Å². The van der Waals surface area contributed by atoms with Crippen molar-refractivity contribution in [3.05, 3.63) is 0 Å². The van der Waals surface area contributed by atoms with Crippen LogP contribution < -0.4 is 0 Å². The van der Waals surface area contributed by atoms with Crippen molar-refractivity contribution in [3.8, 4) is 0 Å². The zero-order valence-corrected chi connectivity index (χ0v) is 12.5. The Morgan fingerprint density at radius 1 is 1.10 bits per heavy atom. The first-order chi connectivity index (χ1) is 10.1. The Labute approximate surface area is 125 Å². The molecule has 1 amide bonds. The first kappa shape index (κ1) is 13.6. The summed E-state index contributed by atoms with van der Waals surface area (Å²) in [5.74, 6) is 3.56. The van der Waals surface area contributed by atoms with Gasteiger partial charge < -0.3 is 10.0 Å². The third-order valence-electron chi connectivity index (χ3n) is 6.62. The number of piperidine rings is 1. The fraction of sp³-hybridized carbons (Fsp3) is 0.882. The fourth-order valence-electron chi connectivity index (χ4n) is 5.69. The van der Waals surface area contributed by atoms with Crippen LogP contribution in [-0.4, -0.2) is 35.0 Å². The van der Waals surface area contributed by atoms with E-state index in [0.717, 1.165) is 56.0 Å². The zero-order chi connectivity index (χ0) is 14.6. The van der Waals surface area contributed by atoms with Gasteiger partial charge in [0.2, 0.25) is 5.91 Å².